The number of hydrazine groups is 1. The Balaban J connectivity index is 2.52. The highest BCUT2D eigenvalue weighted by atomic mass is 16.2. The van der Waals surface area contributed by atoms with E-state index in [4.69, 9.17) is 5.84 Å². The zero-order chi connectivity index (χ0) is 11.7. The van der Waals surface area contributed by atoms with E-state index in [2.05, 4.69) is 5.10 Å². The van der Waals surface area contributed by atoms with E-state index in [1.54, 1.807) is 19.2 Å². The van der Waals surface area contributed by atoms with Gasteiger partial charge in [-0.25, -0.2) is 10.4 Å². The Morgan fingerprint density at radius 1 is 1.56 bits per heavy atom. The highest BCUT2D eigenvalue weighted by molar-refractivity contribution is 5.75. The third-order valence-corrected chi connectivity index (χ3v) is 2.20. The van der Waals surface area contributed by atoms with E-state index in [1.165, 1.54) is 15.3 Å². The number of carbonyl (C=O) groups is 1. The van der Waals surface area contributed by atoms with Crippen molar-refractivity contribution in [2.45, 2.75) is 13.5 Å². The van der Waals surface area contributed by atoms with Crippen molar-refractivity contribution in [2.75, 3.05) is 0 Å². The van der Waals surface area contributed by atoms with Gasteiger partial charge in [0.2, 0.25) is 0 Å². The monoisotopic (exact) mass is 221 g/mol. The summed E-state index contributed by atoms with van der Waals surface area (Å²) in [6.45, 7) is 1.69. The molecule has 0 saturated heterocycles. The Labute approximate surface area is 90.4 Å². The predicted octanol–water partition coefficient (Wildman–Crippen LogP) is -1.21. The number of aryl methyl sites for hydroxylation is 1. The highest BCUT2D eigenvalue weighted by Gasteiger charge is 2.07. The van der Waals surface area contributed by atoms with Gasteiger partial charge in [0.15, 0.2) is 0 Å². The molecule has 2 rings (SSSR count). The Bertz CT molecular complexity index is 597. The lowest BCUT2D eigenvalue weighted by Gasteiger charge is -2.04. The summed E-state index contributed by atoms with van der Waals surface area (Å²) in [5.74, 6) is 4.53. The van der Waals surface area contributed by atoms with Crippen LogP contribution in [-0.4, -0.2) is 20.1 Å². The number of nitrogens with two attached hydrogens (primary N) is 1. The van der Waals surface area contributed by atoms with Crippen molar-refractivity contribution in [1.82, 2.24) is 19.6 Å². The molecular formula is C9H11N5O2. The van der Waals surface area contributed by atoms with Gasteiger partial charge in [0.1, 0.15) is 12.1 Å². The van der Waals surface area contributed by atoms with Crippen molar-refractivity contribution in [3.8, 4) is 0 Å². The first-order valence-electron chi connectivity index (χ1n) is 4.66. The van der Waals surface area contributed by atoms with Crippen LogP contribution in [0.2, 0.25) is 0 Å². The van der Waals surface area contributed by atoms with Crippen LogP contribution in [0.5, 0.6) is 0 Å². The molecule has 0 bridgehead atoms. The lowest BCUT2D eigenvalue weighted by molar-refractivity contribution is -0.121. The minimum atomic E-state index is -0.428. The SMILES string of the molecule is Cc1cc2c(=O)n(CC(=O)NN)ccn2n1. The molecule has 16 heavy (non-hydrogen) atoms. The summed E-state index contributed by atoms with van der Waals surface area (Å²) in [6.07, 6.45) is 3.12. The van der Waals surface area contributed by atoms with E-state index in [1.807, 2.05) is 5.43 Å². The molecule has 0 atom stereocenters. The fourth-order valence-electron chi connectivity index (χ4n) is 1.47. The highest BCUT2D eigenvalue weighted by Crippen LogP contribution is 1.99. The quantitative estimate of drug-likeness (QED) is 0.378. The van der Waals surface area contributed by atoms with Crippen LogP contribution in [0.4, 0.5) is 0 Å². The maximum absolute atomic E-state index is 11.9. The first kappa shape index (κ1) is 10.4. The number of aromatic nitrogens is 3. The molecule has 1 amide bonds. The Morgan fingerprint density at radius 3 is 3.00 bits per heavy atom. The summed E-state index contributed by atoms with van der Waals surface area (Å²) in [5, 5.41) is 4.09. The molecule has 84 valence electrons. The zero-order valence-electron chi connectivity index (χ0n) is 8.67. The molecule has 7 nitrogen and oxygen atoms in total. The number of hydrogen-bond donors (Lipinski definition) is 2. The van der Waals surface area contributed by atoms with Crippen molar-refractivity contribution in [3.63, 3.8) is 0 Å². The lowest BCUT2D eigenvalue weighted by atomic mass is 10.4. The summed E-state index contributed by atoms with van der Waals surface area (Å²) in [5.41, 5.74) is 2.88. The van der Waals surface area contributed by atoms with Crippen LogP contribution in [0.15, 0.2) is 23.3 Å². The summed E-state index contributed by atoms with van der Waals surface area (Å²) in [6, 6.07) is 1.67. The molecule has 2 heterocycles. The molecular weight excluding hydrogens is 210 g/mol. The van der Waals surface area contributed by atoms with E-state index >= 15 is 0 Å². The standard InChI is InChI=1S/C9H11N5O2/c1-6-4-7-9(16)13(5-8(15)11-10)2-3-14(7)12-6/h2-4H,5,10H2,1H3,(H,11,15). The number of rotatable bonds is 2. The first-order chi connectivity index (χ1) is 7.61. The lowest BCUT2D eigenvalue weighted by Crippen LogP contribution is -2.36. The molecule has 0 saturated carbocycles. The number of nitrogens with one attached hydrogen (secondary N) is 1. The number of hydrogen-bond acceptors (Lipinski definition) is 4. The van der Waals surface area contributed by atoms with Crippen molar-refractivity contribution in [2.24, 2.45) is 5.84 Å². The number of fused-ring (bicyclic) bond motifs is 1. The maximum atomic E-state index is 11.9. The van der Waals surface area contributed by atoms with Crippen molar-refractivity contribution in [1.29, 1.82) is 0 Å². The van der Waals surface area contributed by atoms with Gasteiger partial charge in [-0.1, -0.05) is 0 Å². The van der Waals surface area contributed by atoms with E-state index in [9.17, 15) is 9.59 Å². The van der Waals surface area contributed by atoms with Gasteiger partial charge >= 0.3 is 0 Å². The predicted molar refractivity (Wildman–Crippen MR) is 56.5 cm³/mol. The average molecular weight is 221 g/mol. The van der Waals surface area contributed by atoms with Crippen LogP contribution >= 0.6 is 0 Å². The van der Waals surface area contributed by atoms with Gasteiger partial charge in [0.05, 0.1) is 5.69 Å². The molecule has 2 aromatic rings. The molecule has 0 fully saturated rings. The summed E-state index contributed by atoms with van der Waals surface area (Å²) < 4.78 is 2.76. The van der Waals surface area contributed by atoms with Crippen molar-refractivity contribution in [3.05, 3.63) is 34.5 Å². The smallest absolute Gasteiger partial charge is 0.277 e. The number of nitrogens with zero attached hydrogens (tertiary/aromatic N) is 3. The summed E-state index contributed by atoms with van der Waals surface area (Å²) in [7, 11) is 0. The second kappa shape index (κ2) is 3.78. The van der Waals surface area contributed by atoms with Crippen LogP contribution in [0.1, 0.15) is 5.69 Å². The molecule has 0 aliphatic heterocycles. The molecule has 0 aromatic carbocycles. The van der Waals surface area contributed by atoms with E-state index in [0.29, 0.717) is 5.52 Å². The Morgan fingerprint density at radius 2 is 2.31 bits per heavy atom. The molecule has 7 heteroatoms. The molecule has 0 spiro atoms. The van der Waals surface area contributed by atoms with Gasteiger partial charge in [-0.15, -0.1) is 0 Å². The van der Waals surface area contributed by atoms with Gasteiger partial charge in [-0.05, 0) is 13.0 Å². The minimum absolute atomic E-state index is 0.101. The molecule has 3 N–H and O–H groups in total. The van der Waals surface area contributed by atoms with E-state index in [0.717, 1.165) is 5.69 Å². The van der Waals surface area contributed by atoms with Gasteiger partial charge in [0, 0.05) is 12.4 Å². The van der Waals surface area contributed by atoms with E-state index in [-0.39, 0.29) is 12.1 Å². The van der Waals surface area contributed by atoms with Crippen molar-refractivity contribution >= 4 is 11.4 Å². The van der Waals surface area contributed by atoms with Crippen LogP contribution in [0.3, 0.4) is 0 Å². The topological polar surface area (TPSA) is 94.4 Å². The Kier molecular flexibility index (Phi) is 2.45. The van der Waals surface area contributed by atoms with Crippen LogP contribution in [0.25, 0.3) is 5.52 Å². The van der Waals surface area contributed by atoms with Gasteiger partial charge in [0.25, 0.3) is 11.5 Å². The summed E-state index contributed by atoms with van der Waals surface area (Å²) >= 11 is 0. The molecule has 0 aliphatic carbocycles. The maximum Gasteiger partial charge on any atom is 0.277 e. The van der Waals surface area contributed by atoms with Gasteiger partial charge in [-0.3, -0.25) is 15.0 Å². The second-order valence-electron chi connectivity index (χ2n) is 3.41. The fraction of sp³-hybridized carbons (Fsp3) is 0.222. The Hall–Kier alpha value is -2.15. The largest absolute Gasteiger partial charge is 0.303 e. The molecule has 0 radical (unpaired) electrons. The molecule has 0 unspecified atom stereocenters. The van der Waals surface area contributed by atoms with Gasteiger partial charge < -0.3 is 4.57 Å². The minimum Gasteiger partial charge on any atom is -0.303 e. The average Bonchev–Trinajstić information content (AvgIpc) is 2.64. The zero-order valence-corrected chi connectivity index (χ0v) is 8.67. The van der Waals surface area contributed by atoms with Crippen LogP contribution < -0.4 is 16.8 Å². The molecule has 2 aromatic heterocycles. The van der Waals surface area contributed by atoms with E-state index < -0.39 is 5.91 Å². The third kappa shape index (κ3) is 1.68. The normalized spacial score (nSPS) is 10.6. The third-order valence-electron chi connectivity index (χ3n) is 2.20. The number of amides is 1. The second-order valence-corrected chi connectivity index (χ2v) is 3.41. The number of carbonyl (C=O) groups excluding carboxylic acids is 1. The first-order valence-corrected chi connectivity index (χ1v) is 4.66. The van der Waals surface area contributed by atoms with Crippen LogP contribution in [-0.2, 0) is 11.3 Å². The van der Waals surface area contributed by atoms with Crippen molar-refractivity contribution < 1.29 is 4.79 Å². The summed E-state index contributed by atoms with van der Waals surface area (Å²) in [4.78, 5) is 22.9. The molecule has 0 aliphatic rings. The van der Waals surface area contributed by atoms with Crippen LogP contribution in [0, 0.1) is 6.92 Å². The van der Waals surface area contributed by atoms with Gasteiger partial charge in [-0.2, -0.15) is 5.10 Å². The fourth-order valence-corrected chi connectivity index (χ4v) is 1.47.